The average Bonchev–Trinajstić information content (AvgIpc) is 2.39. The van der Waals surface area contributed by atoms with Gasteiger partial charge in [0.05, 0.1) is 23.6 Å². The Morgan fingerprint density at radius 2 is 2.36 bits per heavy atom. The highest BCUT2D eigenvalue weighted by Gasteiger charge is 2.17. The van der Waals surface area contributed by atoms with Crippen LogP contribution in [0.5, 0.6) is 0 Å². The van der Waals surface area contributed by atoms with Crippen LogP contribution < -0.4 is 0 Å². The van der Waals surface area contributed by atoms with Gasteiger partial charge >= 0.3 is 0 Å². The molecule has 1 aromatic heterocycles. The lowest BCUT2D eigenvalue weighted by Gasteiger charge is -2.19. The Bertz CT molecular complexity index is 208. The number of nitrogens with zero attached hydrogens (tertiary/aromatic N) is 2. The second-order valence-corrected chi connectivity index (χ2v) is 4.49. The second-order valence-electron chi connectivity index (χ2n) is 3.37. The summed E-state index contributed by atoms with van der Waals surface area (Å²) in [5.41, 5.74) is 1.38. The summed E-state index contributed by atoms with van der Waals surface area (Å²) in [6, 6.07) is 0. The summed E-state index contributed by atoms with van der Waals surface area (Å²) in [5, 5.41) is 0.998. The average molecular weight is 235 g/mol. The van der Waals surface area contributed by atoms with Gasteiger partial charge in [0.25, 0.3) is 0 Å². The van der Waals surface area contributed by atoms with Gasteiger partial charge in [0.2, 0.25) is 0 Å². The highest BCUT2D eigenvalue weighted by Crippen LogP contribution is 2.22. The Morgan fingerprint density at radius 3 is 2.82 bits per heavy atom. The van der Waals surface area contributed by atoms with Gasteiger partial charge < -0.3 is 0 Å². The number of aromatic nitrogens is 2. The number of rotatable bonds is 3. The molecule has 11 heavy (non-hydrogen) atoms. The fourth-order valence-corrected chi connectivity index (χ4v) is 1.43. The van der Waals surface area contributed by atoms with Gasteiger partial charge in [-0.25, -0.2) is 0 Å². The quantitative estimate of drug-likeness (QED) is 0.752. The molecule has 0 fully saturated rings. The maximum Gasteiger partial charge on any atom is 0.0748 e. The van der Waals surface area contributed by atoms with Crippen molar-refractivity contribution in [3.63, 3.8) is 0 Å². The van der Waals surface area contributed by atoms with Crippen molar-refractivity contribution in [1.29, 1.82) is 0 Å². The first kappa shape index (κ1) is 9.13. The third kappa shape index (κ3) is 2.87. The van der Waals surface area contributed by atoms with Crippen LogP contribution in [0.3, 0.4) is 0 Å². The van der Waals surface area contributed by atoms with Crippen LogP contribution >= 0.6 is 27.7 Å². The van der Waals surface area contributed by atoms with Gasteiger partial charge in [-0.3, -0.25) is 0 Å². The fourth-order valence-electron chi connectivity index (χ4n) is 0.799. The molecule has 0 aliphatic rings. The first-order valence-corrected chi connectivity index (χ1v) is 5.32. The molecule has 0 aliphatic carbocycles. The molecule has 1 heterocycles. The molecule has 1 rings (SSSR count). The number of hydrogen-bond acceptors (Lipinski definition) is 3. The fraction of sp³-hybridized carbons (Fsp3) is 0.714. The van der Waals surface area contributed by atoms with E-state index >= 15 is 0 Å². The van der Waals surface area contributed by atoms with E-state index in [2.05, 4.69) is 38.5 Å². The summed E-state index contributed by atoms with van der Waals surface area (Å²) < 4.78 is 8.11. The normalized spacial score (nSPS) is 11.9. The van der Waals surface area contributed by atoms with E-state index in [4.69, 9.17) is 0 Å². The molecular formula is C7H11BrN2S. The lowest BCUT2D eigenvalue weighted by molar-refractivity contribution is 0.421. The highest BCUT2D eigenvalue weighted by molar-refractivity contribution is 9.09. The van der Waals surface area contributed by atoms with Crippen molar-refractivity contribution >= 4 is 27.7 Å². The summed E-state index contributed by atoms with van der Waals surface area (Å²) >= 11 is 4.75. The van der Waals surface area contributed by atoms with E-state index in [0.717, 1.165) is 17.4 Å². The minimum atomic E-state index is 0.287. The zero-order valence-corrected chi connectivity index (χ0v) is 9.07. The Kier molecular flexibility index (Phi) is 3.01. The van der Waals surface area contributed by atoms with Crippen LogP contribution in [0.2, 0.25) is 0 Å². The van der Waals surface area contributed by atoms with Gasteiger partial charge in [-0.05, 0) is 11.8 Å². The largest absolute Gasteiger partial charge is 0.181 e. The summed E-state index contributed by atoms with van der Waals surface area (Å²) in [6.07, 6.45) is 2.84. The predicted octanol–water partition coefficient (Wildman–Crippen LogP) is 2.50. The van der Waals surface area contributed by atoms with E-state index in [9.17, 15) is 0 Å². The number of halogens is 1. The minimum absolute atomic E-state index is 0.287. The van der Waals surface area contributed by atoms with Crippen molar-refractivity contribution in [3.05, 3.63) is 11.9 Å². The molecule has 2 nitrogen and oxygen atoms in total. The molecule has 0 spiro atoms. The Hall–Kier alpha value is 0.0400. The zero-order valence-electron chi connectivity index (χ0n) is 6.67. The van der Waals surface area contributed by atoms with Gasteiger partial charge in [-0.1, -0.05) is 29.8 Å². The van der Waals surface area contributed by atoms with Gasteiger partial charge in [-0.15, -0.1) is 0 Å². The Balaban J connectivity index is 2.56. The second kappa shape index (κ2) is 3.63. The van der Waals surface area contributed by atoms with Crippen LogP contribution in [0, 0.1) is 5.41 Å². The Labute approximate surface area is 79.5 Å². The van der Waals surface area contributed by atoms with E-state index in [-0.39, 0.29) is 5.41 Å². The monoisotopic (exact) mass is 234 g/mol. The summed E-state index contributed by atoms with van der Waals surface area (Å²) in [7, 11) is 0. The molecule has 0 saturated carbocycles. The smallest absolute Gasteiger partial charge is 0.0748 e. The lowest BCUT2D eigenvalue weighted by atomic mass is 9.91. The van der Waals surface area contributed by atoms with Crippen molar-refractivity contribution in [2.75, 3.05) is 5.33 Å². The molecule has 0 aliphatic heterocycles. The molecule has 1 aromatic rings. The van der Waals surface area contributed by atoms with Crippen molar-refractivity contribution in [1.82, 2.24) is 8.75 Å². The molecule has 0 N–H and O–H groups in total. The third-order valence-electron chi connectivity index (χ3n) is 1.43. The van der Waals surface area contributed by atoms with Crippen LogP contribution in [0.15, 0.2) is 6.20 Å². The predicted molar refractivity (Wildman–Crippen MR) is 51.2 cm³/mol. The van der Waals surface area contributed by atoms with Gasteiger partial charge in [0.15, 0.2) is 0 Å². The maximum absolute atomic E-state index is 4.16. The van der Waals surface area contributed by atoms with Gasteiger partial charge in [-0.2, -0.15) is 8.75 Å². The molecule has 62 valence electrons. The van der Waals surface area contributed by atoms with Gasteiger partial charge in [0, 0.05) is 5.33 Å². The summed E-state index contributed by atoms with van der Waals surface area (Å²) in [4.78, 5) is 0. The third-order valence-corrected chi connectivity index (χ3v) is 3.46. The molecule has 0 aromatic carbocycles. The van der Waals surface area contributed by atoms with E-state index < -0.39 is 0 Å². The SMILES string of the molecule is CC(C)(CBr)Cc1cnsn1. The first-order chi connectivity index (χ1) is 5.14. The Morgan fingerprint density at radius 1 is 1.64 bits per heavy atom. The molecule has 0 bridgehead atoms. The van der Waals surface area contributed by atoms with Crippen LogP contribution in [0.4, 0.5) is 0 Å². The van der Waals surface area contributed by atoms with Crippen LogP contribution in [-0.4, -0.2) is 14.1 Å². The zero-order chi connectivity index (χ0) is 8.32. The molecular weight excluding hydrogens is 224 g/mol. The molecule has 0 unspecified atom stereocenters. The van der Waals surface area contributed by atoms with E-state index in [1.54, 1.807) is 0 Å². The van der Waals surface area contributed by atoms with Gasteiger partial charge in [0.1, 0.15) is 0 Å². The van der Waals surface area contributed by atoms with E-state index in [1.807, 2.05) is 6.20 Å². The molecule has 0 atom stereocenters. The number of hydrogen-bond donors (Lipinski definition) is 0. The summed E-state index contributed by atoms with van der Waals surface area (Å²) in [6.45, 7) is 4.42. The molecule has 4 heteroatoms. The van der Waals surface area contributed by atoms with Crippen LogP contribution in [0.1, 0.15) is 19.5 Å². The van der Waals surface area contributed by atoms with Crippen molar-refractivity contribution < 1.29 is 0 Å². The maximum atomic E-state index is 4.16. The molecule has 0 radical (unpaired) electrons. The standard InChI is InChI=1S/C7H11BrN2S/c1-7(2,5-8)3-6-4-9-11-10-6/h4H,3,5H2,1-2H3. The van der Waals surface area contributed by atoms with Crippen LogP contribution in [-0.2, 0) is 6.42 Å². The van der Waals surface area contributed by atoms with E-state index in [0.29, 0.717) is 0 Å². The van der Waals surface area contributed by atoms with Crippen molar-refractivity contribution in [3.8, 4) is 0 Å². The first-order valence-electron chi connectivity index (χ1n) is 3.46. The summed E-state index contributed by atoms with van der Waals surface area (Å²) in [5.74, 6) is 0. The van der Waals surface area contributed by atoms with E-state index in [1.165, 1.54) is 11.7 Å². The lowest BCUT2D eigenvalue weighted by Crippen LogP contribution is -2.16. The molecule has 0 amide bonds. The number of alkyl halides is 1. The minimum Gasteiger partial charge on any atom is -0.181 e. The van der Waals surface area contributed by atoms with Crippen molar-refractivity contribution in [2.45, 2.75) is 20.3 Å². The van der Waals surface area contributed by atoms with Crippen LogP contribution in [0.25, 0.3) is 0 Å². The molecule has 0 saturated heterocycles. The van der Waals surface area contributed by atoms with Crippen molar-refractivity contribution in [2.24, 2.45) is 5.41 Å². The highest BCUT2D eigenvalue weighted by atomic mass is 79.9. The topological polar surface area (TPSA) is 25.8 Å².